The molecule has 1 amide bonds. The summed E-state index contributed by atoms with van der Waals surface area (Å²) >= 11 is 0. The Morgan fingerprint density at radius 2 is 2.06 bits per heavy atom. The molecule has 0 fully saturated rings. The lowest BCUT2D eigenvalue weighted by atomic mass is 10.2. The van der Waals surface area contributed by atoms with Gasteiger partial charge in [-0.15, -0.1) is 0 Å². The number of rotatable bonds is 5. The molecule has 0 heterocycles. The monoisotopic (exact) mass is 238 g/mol. The Hall–Kier alpha value is -1.75. The summed E-state index contributed by atoms with van der Waals surface area (Å²) in [5.74, 6) is 0.979. The predicted octanol–water partition coefficient (Wildman–Crippen LogP) is 0.975. The second-order valence-corrected chi connectivity index (χ2v) is 3.87. The number of aryl methyl sites for hydroxylation is 1. The highest BCUT2D eigenvalue weighted by molar-refractivity contribution is 5.77. The molecular formula is C12H18N2O3. The van der Waals surface area contributed by atoms with E-state index in [2.05, 4.69) is 5.43 Å². The number of hydrogen-bond donors (Lipinski definition) is 1. The molecule has 0 aliphatic carbocycles. The molecule has 5 nitrogen and oxygen atoms in total. The Bertz CT molecular complexity index is 391. The third kappa shape index (κ3) is 4.32. The van der Waals surface area contributed by atoms with Crippen molar-refractivity contribution in [2.75, 3.05) is 27.8 Å². The van der Waals surface area contributed by atoms with Crippen molar-refractivity contribution < 1.29 is 14.3 Å². The van der Waals surface area contributed by atoms with E-state index in [9.17, 15) is 4.79 Å². The lowest BCUT2D eigenvalue weighted by Gasteiger charge is -2.14. The third-order valence-corrected chi connectivity index (χ3v) is 2.03. The first kappa shape index (κ1) is 13.3. The number of hydrogen-bond acceptors (Lipinski definition) is 4. The molecule has 0 unspecified atom stereocenters. The minimum absolute atomic E-state index is 0.0440. The number of ether oxygens (including phenoxy) is 2. The van der Waals surface area contributed by atoms with Gasteiger partial charge in [-0.05, 0) is 24.6 Å². The molecule has 0 saturated heterocycles. The van der Waals surface area contributed by atoms with E-state index in [0.717, 1.165) is 5.56 Å². The van der Waals surface area contributed by atoms with E-state index in [4.69, 9.17) is 9.47 Å². The average molecular weight is 238 g/mol. The minimum atomic E-state index is -0.211. The number of nitrogens with one attached hydrogen (secondary N) is 1. The summed E-state index contributed by atoms with van der Waals surface area (Å²) in [6.07, 6.45) is 0. The van der Waals surface area contributed by atoms with E-state index in [0.29, 0.717) is 11.5 Å². The molecule has 0 saturated carbocycles. The van der Waals surface area contributed by atoms with Gasteiger partial charge in [-0.3, -0.25) is 10.2 Å². The van der Waals surface area contributed by atoms with Crippen LogP contribution in [0.4, 0.5) is 0 Å². The molecule has 5 heteroatoms. The maximum atomic E-state index is 11.4. The zero-order valence-corrected chi connectivity index (χ0v) is 10.6. The fourth-order valence-corrected chi connectivity index (χ4v) is 1.32. The second kappa shape index (κ2) is 6.10. The van der Waals surface area contributed by atoms with Crippen molar-refractivity contribution in [1.29, 1.82) is 0 Å². The van der Waals surface area contributed by atoms with Crippen LogP contribution in [0.15, 0.2) is 18.2 Å². The van der Waals surface area contributed by atoms with Gasteiger partial charge in [0.2, 0.25) is 0 Å². The van der Waals surface area contributed by atoms with Crippen LogP contribution in [0.3, 0.4) is 0 Å². The molecule has 0 aliphatic heterocycles. The number of hydrazine groups is 1. The number of carbonyl (C=O) groups excluding carboxylic acids is 1. The molecule has 94 valence electrons. The number of nitrogens with zero attached hydrogens (tertiary/aromatic N) is 1. The number of carbonyl (C=O) groups is 1. The van der Waals surface area contributed by atoms with Crippen LogP contribution in [0.5, 0.6) is 11.5 Å². The van der Waals surface area contributed by atoms with E-state index >= 15 is 0 Å². The topological polar surface area (TPSA) is 50.8 Å². The number of methoxy groups -OCH3 is 1. The molecule has 0 spiro atoms. The van der Waals surface area contributed by atoms with Gasteiger partial charge in [-0.25, -0.2) is 5.01 Å². The lowest BCUT2D eigenvalue weighted by Crippen LogP contribution is -2.39. The van der Waals surface area contributed by atoms with Gasteiger partial charge < -0.3 is 9.47 Å². The van der Waals surface area contributed by atoms with E-state index in [1.807, 2.05) is 19.1 Å². The van der Waals surface area contributed by atoms with Crippen molar-refractivity contribution in [3.8, 4) is 11.5 Å². The third-order valence-electron chi connectivity index (χ3n) is 2.03. The van der Waals surface area contributed by atoms with Crippen LogP contribution in [0.2, 0.25) is 0 Å². The fraction of sp³-hybridized carbons (Fsp3) is 0.417. The molecule has 0 aliphatic rings. The Balaban J connectivity index is 2.60. The number of amides is 1. The van der Waals surface area contributed by atoms with Crippen LogP contribution in [0, 0.1) is 6.92 Å². The molecule has 1 N–H and O–H groups in total. The minimum Gasteiger partial charge on any atom is -0.493 e. The summed E-state index contributed by atoms with van der Waals surface area (Å²) in [6.45, 7) is 1.92. The van der Waals surface area contributed by atoms with E-state index in [1.54, 1.807) is 32.3 Å². The van der Waals surface area contributed by atoms with Gasteiger partial charge in [0, 0.05) is 14.1 Å². The fourth-order valence-electron chi connectivity index (χ4n) is 1.32. The Morgan fingerprint density at radius 3 is 2.65 bits per heavy atom. The van der Waals surface area contributed by atoms with E-state index in [1.165, 1.54) is 0 Å². The summed E-state index contributed by atoms with van der Waals surface area (Å²) in [7, 11) is 5.05. The quantitative estimate of drug-likeness (QED) is 0.777. The summed E-state index contributed by atoms with van der Waals surface area (Å²) in [4.78, 5) is 11.4. The van der Waals surface area contributed by atoms with Gasteiger partial charge in [-0.1, -0.05) is 6.07 Å². The molecule has 0 aromatic heterocycles. The Kier molecular flexibility index (Phi) is 4.78. The zero-order chi connectivity index (χ0) is 12.8. The molecule has 1 aromatic carbocycles. The molecule has 1 rings (SSSR count). The van der Waals surface area contributed by atoms with Crippen LogP contribution >= 0.6 is 0 Å². The first-order valence-electron chi connectivity index (χ1n) is 5.27. The van der Waals surface area contributed by atoms with Crippen molar-refractivity contribution in [1.82, 2.24) is 10.4 Å². The molecule has 17 heavy (non-hydrogen) atoms. The van der Waals surface area contributed by atoms with Crippen molar-refractivity contribution in [3.05, 3.63) is 23.8 Å². The van der Waals surface area contributed by atoms with Crippen LogP contribution in [0.25, 0.3) is 0 Å². The SMILES string of the molecule is COc1cc(C)ccc1OCC(=O)NN(C)C. The van der Waals surface area contributed by atoms with Gasteiger partial charge in [0.25, 0.3) is 5.91 Å². The maximum Gasteiger partial charge on any atom is 0.272 e. The Morgan fingerprint density at radius 1 is 1.35 bits per heavy atom. The summed E-state index contributed by atoms with van der Waals surface area (Å²) < 4.78 is 10.6. The van der Waals surface area contributed by atoms with Crippen molar-refractivity contribution in [2.45, 2.75) is 6.92 Å². The highest BCUT2D eigenvalue weighted by Crippen LogP contribution is 2.27. The molecule has 1 aromatic rings. The predicted molar refractivity (Wildman–Crippen MR) is 65.1 cm³/mol. The van der Waals surface area contributed by atoms with Crippen LogP contribution in [-0.4, -0.2) is 38.7 Å². The largest absolute Gasteiger partial charge is 0.493 e. The van der Waals surface area contributed by atoms with Crippen molar-refractivity contribution in [2.24, 2.45) is 0 Å². The van der Waals surface area contributed by atoms with Crippen LogP contribution < -0.4 is 14.9 Å². The molecule has 0 radical (unpaired) electrons. The van der Waals surface area contributed by atoms with E-state index < -0.39 is 0 Å². The maximum absolute atomic E-state index is 11.4. The highest BCUT2D eigenvalue weighted by atomic mass is 16.5. The van der Waals surface area contributed by atoms with Crippen LogP contribution in [-0.2, 0) is 4.79 Å². The highest BCUT2D eigenvalue weighted by Gasteiger charge is 2.07. The standard InChI is InChI=1S/C12H18N2O3/c1-9-5-6-10(11(7-9)16-4)17-8-12(15)13-14(2)3/h5-7H,8H2,1-4H3,(H,13,15). The van der Waals surface area contributed by atoms with Gasteiger partial charge in [0.15, 0.2) is 18.1 Å². The second-order valence-electron chi connectivity index (χ2n) is 3.87. The van der Waals surface area contributed by atoms with Gasteiger partial charge in [-0.2, -0.15) is 0 Å². The Labute approximate surface area is 101 Å². The first-order chi connectivity index (χ1) is 8.02. The van der Waals surface area contributed by atoms with Gasteiger partial charge in [0.1, 0.15) is 0 Å². The average Bonchev–Trinajstić information content (AvgIpc) is 2.26. The normalized spacial score (nSPS) is 10.2. The van der Waals surface area contributed by atoms with Crippen LogP contribution in [0.1, 0.15) is 5.56 Å². The van der Waals surface area contributed by atoms with Crippen molar-refractivity contribution >= 4 is 5.91 Å². The number of benzene rings is 1. The lowest BCUT2D eigenvalue weighted by molar-refractivity contribution is -0.126. The molecule has 0 atom stereocenters. The summed E-state index contributed by atoms with van der Waals surface area (Å²) in [5, 5.41) is 1.57. The van der Waals surface area contributed by atoms with Crippen molar-refractivity contribution in [3.63, 3.8) is 0 Å². The van der Waals surface area contributed by atoms with E-state index in [-0.39, 0.29) is 12.5 Å². The zero-order valence-electron chi connectivity index (χ0n) is 10.6. The first-order valence-corrected chi connectivity index (χ1v) is 5.27. The van der Waals surface area contributed by atoms with Gasteiger partial charge in [0.05, 0.1) is 7.11 Å². The smallest absolute Gasteiger partial charge is 0.272 e. The molecular weight excluding hydrogens is 220 g/mol. The van der Waals surface area contributed by atoms with Gasteiger partial charge >= 0.3 is 0 Å². The summed E-state index contributed by atoms with van der Waals surface area (Å²) in [6, 6.07) is 5.55. The summed E-state index contributed by atoms with van der Waals surface area (Å²) in [5.41, 5.74) is 3.67. The molecule has 0 bridgehead atoms.